The van der Waals surface area contributed by atoms with Gasteiger partial charge in [-0.15, -0.1) is 0 Å². The van der Waals surface area contributed by atoms with E-state index in [4.69, 9.17) is 9.84 Å². The monoisotopic (exact) mass is 422 g/mol. The van der Waals surface area contributed by atoms with Crippen LogP contribution in [0.4, 0.5) is 4.79 Å². The lowest BCUT2D eigenvalue weighted by Gasteiger charge is -2.42. The van der Waals surface area contributed by atoms with Gasteiger partial charge in [-0.1, -0.05) is 48.5 Å². The molecule has 162 valence electrons. The number of rotatable bonds is 6. The molecule has 0 saturated carbocycles. The summed E-state index contributed by atoms with van der Waals surface area (Å²) in [4.78, 5) is 37.6. The third-order valence-electron chi connectivity index (χ3n) is 6.16. The standard InChI is InChI=1S/C24H26N2O5/c1-24(2,22(29)26-12-11-20(26)21(27)28)14-25-23(30)31-13-19-17-9-5-3-7-15(17)16-8-4-6-10-18(16)19/h3-10,19-20H,11-14H2,1-2H3,(H,25,30)(H,27,28). The summed E-state index contributed by atoms with van der Waals surface area (Å²) in [5.41, 5.74) is 3.64. The number of nitrogens with zero attached hydrogens (tertiary/aromatic N) is 1. The molecule has 7 heteroatoms. The molecule has 1 aliphatic heterocycles. The number of alkyl carbamates (subject to hydrolysis) is 1. The van der Waals surface area contributed by atoms with Crippen molar-refractivity contribution in [3.05, 3.63) is 59.7 Å². The Morgan fingerprint density at radius 2 is 1.65 bits per heavy atom. The molecule has 1 aliphatic carbocycles. The van der Waals surface area contributed by atoms with Crippen molar-refractivity contribution in [2.75, 3.05) is 19.7 Å². The van der Waals surface area contributed by atoms with Gasteiger partial charge in [0.1, 0.15) is 12.6 Å². The largest absolute Gasteiger partial charge is 0.480 e. The Hall–Kier alpha value is -3.35. The van der Waals surface area contributed by atoms with Gasteiger partial charge in [-0.3, -0.25) is 4.79 Å². The molecule has 2 aliphatic rings. The van der Waals surface area contributed by atoms with Crippen LogP contribution in [0.3, 0.4) is 0 Å². The van der Waals surface area contributed by atoms with Crippen LogP contribution in [-0.4, -0.2) is 53.7 Å². The Morgan fingerprint density at radius 1 is 1.06 bits per heavy atom. The Balaban J connectivity index is 1.35. The van der Waals surface area contributed by atoms with Crippen molar-refractivity contribution in [1.82, 2.24) is 10.2 Å². The number of carboxylic acids is 1. The molecule has 4 rings (SSSR count). The van der Waals surface area contributed by atoms with Crippen LogP contribution in [-0.2, 0) is 14.3 Å². The van der Waals surface area contributed by atoms with E-state index in [1.54, 1.807) is 13.8 Å². The number of ether oxygens (including phenoxy) is 1. The maximum atomic E-state index is 12.7. The summed E-state index contributed by atoms with van der Waals surface area (Å²) in [6, 6.07) is 15.4. The van der Waals surface area contributed by atoms with Gasteiger partial charge in [0.25, 0.3) is 0 Å². The van der Waals surface area contributed by atoms with Crippen molar-refractivity contribution >= 4 is 18.0 Å². The summed E-state index contributed by atoms with van der Waals surface area (Å²) in [5.74, 6) is -1.32. The number of nitrogens with one attached hydrogen (secondary N) is 1. The van der Waals surface area contributed by atoms with Crippen molar-refractivity contribution in [3.63, 3.8) is 0 Å². The first-order chi connectivity index (χ1) is 14.8. The predicted octanol–water partition coefficient (Wildman–Crippen LogP) is 3.24. The Labute approximate surface area is 181 Å². The van der Waals surface area contributed by atoms with Crippen LogP contribution in [0.15, 0.2) is 48.5 Å². The average molecular weight is 422 g/mol. The number of carbonyl (C=O) groups excluding carboxylic acids is 2. The molecule has 0 spiro atoms. The first-order valence-electron chi connectivity index (χ1n) is 10.4. The normalized spacial score (nSPS) is 17.4. The molecule has 2 amide bonds. The third kappa shape index (κ3) is 3.87. The molecule has 1 unspecified atom stereocenters. The molecule has 31 heavy (non-hydrogen) atoms. The number of fused-ring (bicyclic) bond motifs is 3. The van der Waals surface area contributed by atoms with Gasteiger partial charge in [-0.25, -0.2) is 9.59 Å². The fourth-order valence-corrected chi connectivity index (χ4v) is 4.29. The lowest BCUT2D eigenvalue weighted by Crippen LogP contribution is -2.59. The van der Waals surface area contributed by atoms with Crippen molar-refractivity contribution in [2.45, 2.75) is 32.2 Å². The molecule has 0 radical (unpaired) electrons. The highest BCUT2D eigenvalue weighted by Gasteiger charge is 2.43. The second kappa shape index (κ2) is 8.06. The van der Waals surface area contributed by atoms with E-state index in [-0.39, 0.29) is 25.0 Å². The van der Waals surface area contributed by atoms with Gasteiger partial charge < -0.3 is 20.1 Å². The molecule has 1 saturated heterocycles. The summed E-state index contributed by atoms with van der Waals surface area (Å²) in [6.07, 6.45) is -0.141. The number of carbonyl (C=O) groups is 3. The zero-order valence-corrected chi connectivity index (χ0v) is 17.6. The number of hydrogen-bond donors (Lipinski definition) is 2. The number of likely N-dealkylation sites (tertiary alicyclic amines) is 1. The minimum Gasteiger partial charge on any atom is -0.480 e. The number of aliphatic carboxylic acids is 1. The van der Waals surface area contributed by atoms with Crippen molar-refractivity contribution in [1.29, 1.82) is 0 Å². The first kappa shape index (κ1) is 20.9. The van der Waals surface area contributed by atoms with Crippen molar-refractivity contribution < 1.29 is 24.2 Å². The highest BCUT2D eigenvalue weighted by molar-refractivity contribution is 5.89. The molecule has 7 nitrogen and oxygen atoms in total. The molecule has 0 bridgehead atoms. The Morgan fingerprint density at radius 3 is 2.16 bits per heavy atom. The minimum absolute atomic E-state index is 0.0368. The second-order valence-electron chi connectivity index (χ2n) is 8.70. The maximum absolute atomic E-state index is 12.7. The van der Waals surface area contributed by atoms with Crippen molar-refractivity contribution in [3.8, 4) is 11.1 Å². The van der Waals surface area contributed by atoms with Gasteiger partial charge >= 0.3 is 12.1 Å². The molecular formula is C24H26N2O5. The molecule has 1 heterocycles. The quantitative estimate of drug-likeness (QED) is 0.745. The second-order valence-corrected chi connectivity index (χ2v) is 8.70. The van der Waals surface area contributed by atoms with Crippen molar-refractivity contribution in [2.24, 2.45) is 5.41 Å². The smallest absolute Gasteiger partial charge is 0.407 e. The van der Waals surface area contributed by atoms with Crippen LogP contribution in [0.25, 0.3) is 11.1 Å². The van der Waals surface area contributed by atoms with Gasteiger partial charge in [0.15, 0.2) is 0 Å². The maximum Gasteiger partial charge on any atom is 0.407 e. The van der Waals surface area contributed by atoms with Crippen LogP contribution in [0, 0.1) is 5.41 Å². The summed E-state index contributed by atoms with van der Waals surface area (Å²) < 4.78 is 5.51. The zero-order chi connectivity index (χ0) is 22.2. The van der Waals surface area contributed by atoms with Gasteiger partial charge in [0, 0.05) is 19.0 Å². The van der Waals surface area contributed by atoms with E-state index in [0.717, 1.165) is 22.3 Å². The number of carboxylic acid groups (broad SMARTS) is 1. The van der Waals surface area contributed by atoms with Crippen LogP contribution >= 0.6 is 0 Å². The van der Waals surface area contributed by atoms with E-state index in [0.29, 0.717) is 13.0 Å². The van der Waals surface area contributed by atoms with E-state index in [9.17, 15) is 14.4 Å². The highest BCUT2D eigenvalue weighted by atomic mass is 16.5. The number of benzene rings is 2. The van der Waals surface area contributed by atoms with Gasteiger partial charge in [0.05, 0.1) is 5.41 Å². The predicted molar refractivity (Wildman–Crippen MR) is 115 cm³/mol. The minimum atomic E-state index is -1.00. The SMILES string of the molecule is CC(C)(CNC(=O)OCC1c2ccccc2-c2ccccc21)C(=O)N1CCC1C(=O)O. The molecule has 0 aromatic heterocycles. The first-order valence-corrected chi connectivity index (χ1v) is 10.4. The summed E-state index contributed by atoms with van der Waals surface area (Å²) >= 11 is 0. The van der Waals surface area contributed by atoms with Crippen LogP contribution in [0.2, 0.25) is 0 Å². The summed E-state index contributed by atoms with van der Waals surface area (Å²) in [6.45, 7) is 4.06. The lowest BCUT2D eigenvalue weighted by molar-refractivity contribution is -0.161. The van der Waals surface area contributed by atoms with Gasteiger partial charge in [-0.2, -0.15) is 0 Å². The molecular weight excluding hydrogens is 396 g/mol. The molecule has 2 aromatic carbocycles. The molecule has 1 fully saturated rings. The summed E-state index contributed by atoms with van der Waals surface area (Å²) in [7, 11) is 0. The van der Waals surface area contributed by atoms with E-state index in [2.05, 4.69) is 29.6 Å². The topological polar surface area (TPSA) is 95.9 Å². The highest BCUT2D eigenvalue weighted by Crippen LogP contribution is 2.44. The summed E-state index contributed by atoms with van der Waals surface area (Å²) in [5, 5.41) is 11.8. The number of amides is 2. The van der Waals surface area contributed by atoms with E-state index in [1.165, 1.54) is 4.90 Å². The fraction of sp³-hybridized carbons (Fsp3) is 0.375. The van der Waals surface area contributed by atoms with E-state index < -0.39 is 23.5 Å². The Kier molecular flexibility index (Phi) is 5.43. The van der Waals surface area contributed by atoms with Gasteiger partial charge in [0.2, 0.25) is 5.91 Å². The Bertz CT molecular complexity index is 987. The lowest BCUT2D eigenvalue weighted by atomic mass is 9.88. The van der Waals surface area contributed by atoms with Crippen LogP contribution < -0.4 is 5.32 Å². The fourth-order valence-electron chi connectivity index (χ4n) is 4.29. The molecule has 2 N–H and O–H groups in total. The van der Waals surface area contributed by atoms with Gasteiger partial charge in [-0.05, 0) is 42.5 Å². The van der Waals surface area contributed by atoms with Crippen LogP contribution in [0.1, 0.15) is 37.3 Å². The van der Waals surface area contributed by atoms with Crippen LogP contribution in [0.5, 0.6) is 0 Å². The molecule has 1 atom stereocenters. The zero-order valence-electron chi connectivity index (χ0n) is 17.6. The molecule has 2 aromatic rings. The van der Waals surface area contributed by atoms with E-state index >= 15 is 0 Å². The number of hydrogen-bond acceptors (Lipinski definition) is 4. The third-order valence-corrected chi connectivity index (χ3v) is 6.16. The van der Waals surface area contributed by atoms with E-state index in [1.807, 2.05) is 24.3 Å². The average Bonchev–Trinajstić information content (AvgIpc) is 3.03.